The highest BCUT2D eigenvalue weighted by Gasteiger charge is 2.58. The molecule has 1 saturated heterocycles. The molecule has 20 heavy (non-hydrogen) atoms. The third kappa shape index (κ3) is 2.85. The van der Waals surface area contributed by atoms with Crippen LogP contribution in [0.4, 0.5) is 0 Å². The Hall–Kier alpha value is -0.260. The molecule has 2 fully saturated rings. The maximum absolute atomic E-state index is 12.2. The zero-order valence-electron chi connectivity index (χ0n) is 13.4. The van der Waals surface area contributed by atoms with E-state index < -0.39 is 0 Å². The SMILES string of the molecule is COC1(C)CC(NC(=O)CN(C)C2CCSC2)C1(C)C. The molecular weight excluding hydrogens is 272 g/mol. The van der Waals surface area contributed by atoms with E-state index in [1.807, 2.05) is 11.8 Å². The highest BCUT2D eigenvalue weighted by molar-refractivity contribution is 7.99. The number of nitrogens with zero attached hydrogens (tertiary/aromatic N) is 1. The highest BCUT2D eigenvalue weighted by Crippen LogP contribution is 2.51. The summed E-state index contributed by atoms with van der Waals surface area (Å²) in [4.78, 5) is 14.4. The lowest BCUT2D eigenvalue weighted by atomic mass is 9.56. The fourth-order valence-electron chi connectivity index (χ4n) is 3.19. The summed E-state index contributed by atoms with van der Waals surface area (Å²) < 4.78 is 5.60. The van der Waals surface area contributed by atoms with Crippen LogP contribution in [-0.4, -0.2) is 60.7 Å². The normalized spacial score (nSPS) is 35.9. The Morgan fingerprint density at radius 1 is 1.45 bits per heavy atom. The van der Waals surface area contributed by atoms with Gasteiger partial charge >= 0.3 is 0 Å². The molecule has 3 atom stereocenters. The fourth-order valence-corrected chi connectivity index (χ4v) is 4.49. The Kier molecular flexibility index (Phi) is 4.72. The van der Waals surface area contributed by atoms with Crippen LogP contribution in [0.2, 0.25) is 0 Å². The number of likely N-dealkylation sites (N-methyl/N-ethyl adjacent to an activating group) is 1. The van der Waals surface area contributed by atoms with Gasteiger partial charge in [0.15, 0.2) is 0 Å². The average Bonchev–Trinajstić information content (AvgIpc) is 2.91. The number of methoxy groups -OCH3 is 1. The Morgan fingerprint density at radius 2 is 2.15 bits per heavy atom. The fraction of sp³-hybridized carbons (Fsp3) is 0.933. The van der Waals surface area contributed by atoms with Gasteiger partial charge in [-0.25, -0.2) is 0 Å². The number of thioether (sulfide) groups is 1. The second-order valence-electron chi connectivity index (χ2n) is 6.91. The van der Waals surface area contributed by atoms with Crippen molar-refractivity contribution in [3.63, 3.8) is 0 Å². The van der Waals surface area contributed by atoms with Crippen LogP contribution in [0.5, 0.6) is 0 Å². The molecule has 116 valence electrons. The van der Waals surface area contributed by atoms with Gasteiger partial charge in [0.2, 0.25) is 5.91 Å². The summed E-state index contributed by atoms with van der Waals surface area (Å²) in [5, 5.41) is 3.18. The summed E-state index contributed by atoms with van der Waals surface area (Å²) in [6, 6.07) is 0.774. The smallest absolute Gasteiger partial charge is 0.234 e. The molecule has 1 amide bonds. The first kappa shape index (κ1) is 16.1. The van der Waals surface area contributed by atoms with Gasteiger partial charge in [-0.1, -0.05) is 13.8 Å². The Morgan fingerprint density at radius 3 is 2.65 bits per heavy atom. The molecule has 0 bridgehead atoms. The Bertz CT molecular complexity index is 369. The summed E-state index contributed by atoms with van der Waals surface area (Å²) >= 11 is 1.98. The Balaban J connectivity index is 1.81. The van der Waals surface area contributed by atoms with E-state index in [0.717, 1.165) is 12.2 Å². The maximum Gasteiger partial charge on any atom is 0.234 e. The van der Waals surface area contributed by atoms with Gasteiger partial charge in [-0.3, -0.25) is 9.69 Å². The van der Waals surface area contributed by atoms with Crippen molar-refractivity contribution in [2.75, 3.05) is 32.2 Å². The van der Waals surface area contributed by atoms with Gasteiger partial charge in [0, 0.05) is 30.4 Å². The van der Waals surface area contributed by atoms with Crippen molar-refractivity contribution in [3.8, 4) is 0 Å². The van der Waals surface area contributed by atoms with Crippen molar-refractivity contribution in [3.05, 3.63) is 0 Å². The zero-order valence-corrected chi connectivity index (χ0v) is 14.2. The number of carbonyl (C=O) groups is 1. The van der Waals surface area contributed by atoms with Gasteiger partial charge in [0.1, 0.15) is 0 Å². The van der Waals surface area contributed by atoms with E-state index in [1.54, 1.807) is 7.11 Å². The van der Waals surface area contributed by atoms with Crippen molar-refractivity contribution >= 4 is 17.7 Å². The molecule has 3 unspecified atom stereocenters. The molecule has 5 heteroatoms. The summed E-state index contributed by atoms with van der Waals surface area (Å²) in [5.74, 6) is 2.51. The van der Waals surface area contributed by atoms with Gasteiger partial charge in [-0.15, -0.1) is 0 Å². The van der Waals surface area contributed by atoms with E-state index in [9.17, 15) is 4.79 Å². The van der Waals surface area contributed by atoms with E-state index >= 15 is 0 Å². The second kappa shape index (κ2) is 5.85. The molecular formula is C15H28N2O2S. The predicted molar refractivity (Wildman–Crippen MR) is 84.1 cm³/mol. The van der Waals surface area contributed by atoms with Crippen LogP contribution in [0.25, 0.3) is 0 Å². The number of ether oxygens (including phenoxy) is 1. The molecule has 0 aromatic heterocycles. The van der Waals surface area contributed by atoms with Crippen LogP contribution >= 0.6 is 11.8 Å². The van der Waals surface area contributed by atoms with Crippen LogP contribution in [0.15, 0.2) is 0 Å². The monoisotopic (exact) mass is 300 g/mol. The molecule has 1 aliphatic heterocycles. The summed E-state index contributed by atoms with van der Waals surface area (Å²) in [5.41, 5.74) is -0.141. The molecule has 0 aromatic carbocycles. The number of nitrogens with one attached hydrogen (secondary N) is 1. The number of hydrogen-bond acceptors (Lipinski definition) is 4. The Labute approximate surface area is 127 Å². The number of carbonyl (C=O) groups excluding carboxylic acids is 1. The van der Waals surface area contributed by atoms with E-state index in [2.05, 4.69) is 38.0 Å². The third-order valence-corrected chi connectivity index (χ3v) is 6.68. The molecule has 1 heterocycles. The van der Waals surface area contributed by atoms with Crippen LogP contribution in [0.3, 0.4) is 0 Å². The van der Waals surface area contributed by atoms with E-state index in [1.165, 1.54) is 12.2 Å². The van der Waals surface area contributed by atoms with Crippen molar-refractivity contribution in [2.45, 2.75) is 51.3 Å². The lowest BCUT2D eigenvalue weighted by Crippen LogP contribution is -2.69. The number of rotatable bonds is 5. The standard InChI is InChI=1S/C15H28N2O2S/c1-14(2)12(8-15(14,3)19-5)16-13(18)9-17(4)11-6-7-20-10-11/h11-12H,6-10H2,1-5H3,(H,16,18). The summed E-state index contributed by atoms with van der Waals surface area (Å²) in [7, 11) is 3.81. The minimum atomic E-state index is -0.126. The predicted octanol–water partition coefficient (Wildman–Crippen LogP) is 1.74. The van der Waals surface area contributed by atoms with E-state index in [0.29, 0.717) is 12.6 Å². The molecule has 1 saturated carbocycles. The van der Waals surface area contributed by atoms with Crippen LogP contribution in [-0.2, 0) is 9.53 Å². The molecule has 0 spiro atoms. The maximum atomic E-state index is 12.2. The van der Waals surface area contributed by atoms with Crippen LogP contribution < -0.4 is 5.32 Å². The lowest BCUT2D eigenvalue weighted by molar-refractivity contribution is -0.182. The molecule has 4 nitrogen and oxygen atoms in total. The molecule has 2 rings (SSSR count). The second-order valence-corrected chi connectivity index (χ2v) is 8.06. The first-order valence-corrected chi connectivity index (χ1v) is 8.58. The molecule has 2 aliphatic rings. The highest BCUT2D eigenvalue weighted by atomic mass is 32.2. The number of hydrogen-bond donors (Lipinski definition) is 1. The minimum Gasteiger partial charge on any atom is -0.378 e. The van der Waals surface area contributed by atoms with Gasteiger partial charge < -0.3 is 10.1 Å². The van der Waals surface area contributed by atoms with E-state index in [4.69, 9.17) is 4.74 Å². The summed E-state index contributed by atoms with van der Waals surface area (Å²) in [6.45, 7) is 6.96. The van der Waals surface area contributed by atoms with Gasteiger partial charge in [-0.2, -0.15) is 11.8 Å². The van der Waals surface area contributed by atoms with Gasteiger partial charge in [0.25, 0.3) is 0 Å². The topological polar surface area (TPSA) is 41.6 Å². The van der Waals surface area contributed by atoms with Crippen molar-refractivity contribution in [1.29, 1.82) is 0 Å². The van der Waals surface area contributed by atoms with Crippen LogP contribution in [0, 0.1) is 5.41 Å². The molecule has 1 N–H and O–H groups in total. The first-order chi connectivity index (χ1) is 9.30. The van der Waals surface area contributed by atoms with Gasteiger partial charge in [0.05, 0.1) is 12.1 Å². The quantitative estimate of drug-likeness (QED) is 0.840. The molecule has 0 aromatic rings. The largest absolute Gasteiger partial charge is 0.378 e. The first-order valence-electron chi connectivity index (χ1n) is 7.42. The van der Waals surface area contributed by atoms with Crippen LogP contribution in [0.1, 0.15) is 33.6 Å². The molecule has 1 aliphatic carbocycles. The third-order valence-electron chi connectivity index (χ3n) is 5.54. The van der Waals surface area contributed by atoms with Crippen molar-refractivity contribution < 1.29 is 9.53 Å². The van der Waals surface area contributed by atoms with Gasteiger partial charge in [-0.05, 0) is 32.6 Å². The number of amides is 1. The van der Waals surface area contributed by atoms with Crippen molar-refractivity contribution in [1.82, 2.24) is 10.2 Å². The minimum absolute atomic E-state index is 0.0147. The van der Waals surface area contributed by atoms with E-state index in [-0.39, 0.29) is 23.0 Å². The van der Waals surface area contributed by atoms with Crippen molar-refractivity contribution in [2.24, 2.45) is 5.41 Å². The summed E-state index contributed by atoms with van der Waals surface area (Å²) in [6.07, 6.45) is 2.09. The average molecular weight is 300 g/mol. The molecule has 0 radical (unpaired) electrons. The zero-order chi connectivity index (χ0) is 15.0. The lowest BCUT2D eigenvalue weighted by Gasteiger charge is -2.59.